The smallest absolute Gasteiger partial charge is 0.303 e. The van der Waals surface area contributed by atoms with Gasteiger partial charge in [-0.1, -0.05) is 44.9 Å². The molecule has 0 rings (SSSR count). The minimum absolute atomic E-state index is 0.138. The second kappa shape index (κ2) is 13.9. The highest BCUT2D eigenvalue weighted by Crippen LogP contribution is 2.13. The molecule has 0 amide bonds. The molecule has 1 unspecified atom stereocenters. The van der Waals surface area contributed by atoms with Crippen molar-refractivity contribution in [3.05, 3.63) is 0 Å². The minimum Gasteiger partial charge on any atom is -0.481 e. The Morgan fingerprint density at radius 2 is 1.00 bits per heavy atom. The highest BCUT2D eigenvalue weighted by atomic mass is 16.4. The first-order chi connectivity index (χ1) is 10.0. The summed E-state index contributed by atoms with van der Waals surface area (Å²) in [6.07, 6.45) is 10.4. The number of carbonyl (C=O) groups is 2. The number of aliphatic carboxylic acids is 2. The minimum atomic E-state index is -0.800. The lowest BCUT2D eigenvalue weighted by Gasteiger charge is -2.09. The third-order valence-electron chi connectivity index (χ3n) is 3.61. The van der Waals surface area contributed by atoms with Crippen molar-refractivity contribution < 1.29 is 24.9 Å². The van der Waals surface area contributed by atoms with E-state index in [2.05, 4.69) is 0 Å². The molecule has 0 spiro atoms. The van der Waals surface area contributed by atoms with Gasteiger partial charge < -0.3 is 15.3 Å². The molecule has 0 aromatic rings. The van der Waals surface area contributed by atoms with E-state index >= 15 is 0 Å². The molecule has 0 saturated carbocycles. The molecule has 0 radical (unpaired) electrons. The number of aliphatic hydroxyl groups is 1. The van der Waals surface area contributed by atoms with Crippen LogP contribution in [0.15, 0.2) is 0 Å². The Balaban J connectivity index is 3.17. The van der Waals surface area contributed by atoms with E-state index in [1.165, 1.54) is 6.42 Å². The molecule has 0 saturated heterocycles. The van der Waals surface area contributed by atoms with E-state index in [9.17, 15) is 14.7 Å². The Morgan fingerprint density at radius 1 is 0.619 bits per heavy atom. The van der Waals surface area contributed by atoms with Crippen LogP contribution in [0.25, 0.3) is 0 Å². The number of hydrogen-bond donors (Lipinski definition) is 3. The summed E-state index contributed by atoms with van der Waals surface area (Å²) in [4.78, 5) is 20.6. The van der Waals surface area contributed by atoms with Crippen molar-refractivity contribution >= 4 is 11.9 Å². The molecule has 5 heteroatoms. The molecule has 1 atom stereocenters. The first kappa shape index (κ1) is 19.9. The van der Waals surface area contributed by atoms with E-state index in [0.29, 0.717) is 12.8 Å². The predicted molar refractivity (Wildman–Crippen MR) is 81.3 cm³/mol. The maximum Gasteiger partial charge on any atom is 0.303 e. The van der Waals surface area contributed by atoms with Crippen LogP contribution >= 0.6 is 0 Å². The van der Waals surface area contributed by atoms with Gasteiger partial charge in [0.25, 0.3) is 0 Å². The first-order valence-electron chi connectivity index (χ1n) is 8.14. The zero-order valence-electron chi connectivity index (χ0n) is 12.9. The highest BCUT2D eigenvalue weighted by molar-refractivity contribution is 5.66. The third kappa shape index (κ3) is 16.8. The molecule has 21 heavy (non-hydrogen) atoms. The number of rotatable bonds is 15. The lowest BCUT2D eigenvalue weighted by atomic mass is 10.0. The Hall–Kier alpha value is -1.10. The molecule has 0 aliphatic heterocycles. The van der Waals surface area contributed by atoms with Gasteiger partial charge in [0.05, 0.1) is 6.10 Å². The van der Waals surface area contributed by atoms with Crippen LogP contribution in [0.2, 0.25) is 0 Å². The number of unbranched alkanes of at least 4 members (excludes halogenated alkanes) is 7. The fraction of sp³-hybridized carbons (Fsp3) is 0.875. The van der Waals surface area contributed by atoms with Crippen LogP contribution in [0.3, 0.4) is 0 Å². The number of aliphatic hydroxyl groups excluding tert-OH is 1. The van der Waals surface area contributed by atoms with E-state index < -0.39 is 11.9 Å². The topological polar surface area (TPSA) is 94.8 Å². The van der Waals surface area contributed by atoms with Crippen LogP contribution < -0.4 is 0 Å². The van der Waals surface area contributed by atoms with Gasteiger partial charge in [0, 0.05) is 12.8 Å². The molecule has 0 heterocycles. The summed E-state index contributed by atoms with van der Waals surface area (Å²) in [6, 6.07) is 0. The van der Waals surface area contributed by atoms with Crippen LogP contribution in [0.5, 0.6) is 0 Å². The summed E-state index contributed by atoms with van der Waals surface area (Å²) in [5, 5.41) is 26.6. The summed E-state index contributed by atoms with van der Waals surface area (Å²) < 4.78 is 0. The summed E-state index contributed by atoms with van der Waals surface area (Å²) in [5.41, 5.74) is 0. The van der Waals surface area contributed by atoms with Crippen molar-refractivity contribution in [2.24, 2.45) is 0 Å². The lowest BCUT2D eigenvalue weighted by Crippen LogP contribution is -2.07. The van der Waals surface area contributed by atoms with Gasteiger partial charge in [-0.05, 0) is 25.7 Å². The van der Waals surface area contributed by atoms with Crippen molar-refractivity contribution in [2.45, 2.75) is 89.6 Å². The van der Waals surface area contributed by atoms with E-state index in [1.54, 1.807) is 0 Å². The van der Waals surface area contributed by atoms with E-state index in [0.717, 1.165) is 51.4 Å². The number of carboxylic acid groups (broad SMARTS) is 2. The predicted octanol–water partition coefficient (Wildman–Crippen LogP) is 3.59. The molecule has 0 aliphatic rings. The molecule has 5 nitrogen and oxygen atoms in total. The van der Waals surface area contributed by atoms with Gasteiger partial charge in [-0.3, -0.25) is 9.59 Å². The highest BCUT2D eigenvalue weighted by Gasteiger charge is 2.05. The molecular weight excluding hydrogens is 272 g/mol. The number of carboxylic acids is 2. The third-order valence-corrected chi connectivity index (χ3v) is 3.61. The Bertz CT molecular complexity index is 278. The van der Waals surface area contributed by atoms with Gasteiger partial charge in [0.2, 0.25) is 0 Å². The zero-order chi connectivity index (χ0) is 15.9. The summed E-state index contributed by atoms with van der Waals surface area (Å²) in [7, 11) is 0. The Kier molecular flexibility index (Phi) is 13.1. The molecule has 3 N–H and O–H groups in total. The zero-order valence-corrected chi connectivity index (χ0v) is 12.9. The monoisotopic (exact) mass is 302 g/mol. The molecule has 0 aromatic heterocycles. The van der Waals surface area contributed by atoms with Gasteiger partial charge in [-0.2, -0.15) is 0 Å². The normalized spacial score (nSPS) is 12.2. The van der Waals surface area contributed by atoms with Crippen molar-refractivity contribution in [2.75, 3.05) is 0 Å². The van der Waals surface area contributed by atoms with Crippen LogP contribution in [0.1, 0.15) is 83.5 Å². The van der Waals surface area contributed by atoms with Crippen molar-refractivity contribution in [1.82, 2.24) is 0 Å². The molecule has 0 aromatic carbocycles. The molecule has 0 aliphatic carbocycles. The SMILES string of the molecule is O=C(O)CCCCCCCCCCC(O)CCCC(=O)O. The maximum atomic E-state index is 10.3. The van der Waals surface area contributed by atoms with Crippen molar-refractivity contribution in [1.29, 1.82) is 0 Å². The Labute approximate surface area is 127 Å². The van der Waals surface area contributed by atoms with Gasteiger partial charge in [-0.15, -0.1) is 0 Å². The van der Waals surface area contributed by atoms with Crippen LogP contribution in [0.4, 0.5) is 0 Å². The van der Waals surface area contributed by atoms with Gasteiger partial charge >= 0.3 is 11.9 Å². The summed E-state index contributed by atoms with van der Waals surface area (Å²) in [5.74, 6) is -1.51. The largest absolute Gasteiger partial charge is 0.481 e. The quantitative estimate of drug-likeness (QED) is 0.402. The van der Waals surface area contributed by atoms with Gasteiger partial charge in [0.15, 0.2) is 0 Å². The van der Waals surface area contributed by atoms with Crippen molar-refractivity contribution in [3.8, 4) is 0 Å². The average Bonchev–Trinajstić information content (AvgIpc) is 2.40. The second-order valence-electron chi connectivity index (χ2n) is 5.70. The van der Waals surface area contributed by atoms with Crippen LogP contribution in [0, 0.1) is 0 Å². The molecule has 0 fully saturated rings. The Morgan fingerprint density at radius 3 is 1.52 bits per heavy atom. The van der Waals surface area contributed by atoms with Crippen LogP contribution in [-0.2, 0) is 9.59 Å². The van der Waals surface area contributed by atoms with Crippen LogP contribution in [-0.4, -0.2) is 33.4 Å². The maximum absolute atomic E-state index is 10.3. The fourth-order valence-corrected chi connectivity index (χ4v) is 2.35. The molecule has 0 bridgehead atoms. The number of hydrogen-bond acceptors (Lipinski definition) is 3. The fourth-order valence-electron chi connectivity index (χ4n) is 2.35. The first-order valence-corrected chi connectivity index (χ1v) is 8.14. The van der Waals surface area contributed by atoms with Gasteiger partial charge in [0.1, 0.15) is 0 Å². The molecular formula is C16H30O5. The van der Waals surface area contributed by atoms with E-state index in [-0.39, 0.29) is 18.9 Å². The van der Waals surface area contributed by atoms with E-state index in [4.69, 9.17) is 10.2 Å². The average molecular weight is 302 g/mol. The summed E-state index contributed by atoms with van der Waals surface area (Å²) >= 11 is 0. The summed E-state index contributed by atoms with van der Waals surface area (Å²) in [6.45, 7) is 0. The second-order valence-corrected chi connectivity index (χ2v) is 5.70. The molecule has 124 valence electrons. The standard InChI is InChI=1S/C16H30O5/c17-14(11-9-13-16(20)21)10-7-5-3-1-2-4-6-8-12-15(18)19/h14,17H,1-13H2,(H,18,19)(H,20,21). The van der Waals surface area contributed by atoms with Crippen molar-refractivity contribution in [3.63, 3.8) is 0 Å². The van der Waals surface area contributed by atoms with E-state index in [1.807, 2.05) is 0 Å². The lowest BCUT2D eigenvalue weighted by molar-refractivity contribution is -0.138. The van der Waals surface area contributed by atoms with Gasteiger partial charge in [-0.25, -0.2) is 0 Å².